The van der Waals surface area contributed by atoms with Crippen LogP contribution in [0.3, 0.4) is 0 Å². The number of hydrogen-bond acceptors (Lipinski definition) is 5. The van der Waals surface area contributed by atoms with Crippen molar-refractivity contribution >= 4 is 21.9 Å². The summed E-state index contributed by atoms with van der Waals surface area (Å²) in [6, 6.07) is 18.5. The standard InChI is InChI=1S/C24H27N5O3S/c1-25-33(31,32)22-9-6-18(7-10-22)14-27-24(30)28-16-19-8-11-23(26-15-19)29-13-12-20-4-2-3-5-21(20)17-29/h2-11,15,25H,12-14,16-17H2,1H3,(H2,27,28,30). The molecular weight excluding hydrogens is 438 g/mol. The Morgan fingerprint density at radius 2 is 1.61 bits per heavy atom. The second-order valence-electron chi connectivity index (χ2n) is 7.85. The quantitative estimate of drug-likeness (QED) is 0.498. The number of aromatic nitrogens is 1. The summed E-state index contributed by atoms with van der Waals surface area (Å²) in [6.07, 6.45) is 2.80. The molecule has 0 radical (unpaired) electrons. The number of nitrogens with one attached hydrogen (secondary N) is 3. The van der Waals surface area contributed by atoms with Gasteiger partial charge in [-0.25, -0.2) is 22.9 Å². The van der Waals surface area contributed by atoms with Crippen molar-refractivity contribution in [1.82, 2.24) is 20.3 Å². The highest BCUT2D eigenvalue weighted by Gasteiger charge is 2.17. The van der Waals surface area contributed by atoms with E-state index in [1.807, 2.05) is 12.1 Å². The van der Waals surface area contributed by atoms with Crippen LogP contribution in [-0.4, -0.2) is 33.0 Å². The molecule has 0 saturated heterocycles. The number of carbonyl (C=O) groups is 1. The Hall–Kier alpha value is -3.43. The summed E-state index contributed by atoms with van der Waals surface area (Å²) in [7, 11) is -2.10. The van der Waals surface area contributed by atoms with E-state index in [0.29, 0.717) is 13.1 Å². The zero-order valence-corrected chi connectivity index (χ0v) is 19.2. The van der Waals surface area contributed by atoms with Crippen LogP contribution >= 0.6 is 0 Å². The predicted molar refractivity (Wildman–Crippen MR) is 127 cm³/mol. The van der Waals surface area contributed by atoms with Crippen LogP contribution < -0.4 is 20.3 Å². The second kappa shape index (κ2) is 10.0. The summed E-state index contributed by atoms with van der Waals surface area (Å²) >= 11 is 0. The number of benzene rings is 2. The average Bonchev–Trinajstić information content (AvgIpc) is 2.86. The van der Waals surface area contributed by atoms with E-state index < -0.39 is 10.0 Å². The number of carbonyl (C=O) groups excluding carboxylic acids is 1. The predicted octanol–water partition coefficient (Wildman–Crippen LogP) is 2.55. The number of rotatable bonds is 7. The second-order valence-corrected chi connectivity index (χ2v) is 9.74. The fraction of sp³-hybridized carbons (Fsp3) is 0.250. The lowest BCUT2D eigenvalue weighted by molar-refractivity contribution is 0.240. The van der Waals surface area contributed by atoms with Gasteiger partial charge >= 0.3 is 6.03 Å². The van der Waals surface area contributed by atoms with Crippen molar-refractivity contribution in [1.29, 1.82) is 0 Å². The van der Waals surface area contributed by atoms with E-state index in [4.69, 9.17) is 0 Å². The van der Waals surface area contributed by atoms with Crippen molar-refractivity contribution in [3.8, 4) is 0 Å². The maximum atomic E-state index is 12.1. The molecule has 0 spiro atoms. The number of urea groups is 1. The summed E-state index contributed by atoms with van der Waals surface area (Å²) in [5, 5.41) is 5.59. The highest BCUT2D eigenvalue weighted by atomic mass is 32.2. The van der Waals surface area contributed by atoms with E-state index in [0.717, 1.165) is 36.5 Å². The lowest BCUT2D eigenvalue weighted by Crippen LogP contribution is -2.34. The summed E-state index contributed by atoms with van der Waals surface area (Å²) in [5.74, 6) is 0.932. The maximum Gasteiger partial charge on any atom is 0.315 e. The van der Waals surface area contributed by atoms with Gasteiger partial charge in [-0.3, -0.25) is 0 Å². The summed E-state index contributed by atoms with van der Waals surface area (Å²) in [6.45, 7) is 2.44. The van der Waals surface area contributed by atoms with Crippen LogP contribution in [-0.2, 0) is 36.1 Å². The number of pyridine rings is 1. The number of amides is 2. The number of nitrogens with zero attached hydrogens (tertiary/aromatic N) is 2. The normalized spacial score (nSPS) is 13.3. The van der Waals surface area contributed by atoms with Crippen molar-refractivity contribution in [2.75, 3.05) is 18.5 Å². The van der Waals surface area contributed by atoms with Crippen LogP contribution in [0.25, 0.3) is 0 Å². The molecule has 0 fully saturated rings. The number of anilines is 1. The minimum absolute atomic E-state index is 0.183. The maximum absolute atomic E-state index is 12.1. The highest BCUT2D eigenvalue weighted by Crippen LogP contribution is 2.23. The zero-order chi connectivity index (χ0) is 23.3. The van der Waals surface area contributed by atoms with E-state index >= 15 is 0 Å². The molecule has 1 aliphatic rings. The number of fused-ring (bicyclic) bond motifs is 1. The molecule has 0 saturated carbocycles. The van der Waals surface area contributed by atoms with Gasteiger partial charge in [0.05, 0.1) is 4.90 Å². The molecule has 4 rings (SSSR count). The first kappa shape index (κ1) is 22.8. The van der Waals surface area contributed by atoms with Crippen molar-refractivity contribution in [2.45, 2.75) is 31.0 Å². The third kappa shape index (κ3) is 5.68. The highest BCUT2D eigenvalue weighted by molar-refractivity contribution is 7.89. The Morgan fingerprint density at radius 3 is 2.27 bits per heavy atom. The Bertz CT molecular complexity index is 1210. The molecule has 0 unspecified atom stereocenters. The molecule has 2 aromatic carbocycles. The molecule has 3 N–H and O–H groups in total. The van der Waals surface area contributed by atoms with E-state index in [1.54, 1.807) is 18.3 Å². The molecule has 33 heavy (non-hydrogen) atoms. The third-order valence-electron chi connectivity index (χ3n) is 5.67. The number of hydrogen-bond donors (Lipinski definition) is 3. The van der Waals surface area contributed by atoms with Crippen molar-refractivity contribution in [3.63, 3.8) is 0 Å². The topological polar surface area (TPSA) is 103 Å². The van der Waals surface area contributed by atoms with Crippen LogP contribution in [0.2, 0.25) is 0 Å². The van der Waals surface area contributed by atoms with Gasteiger partial charge in [0.2, 0.25) is 10.0 Å². The van der Waals surface area contributed by atoms with Gasteiger partial charge in [0.1, 0.15) is 5.82 Å². The molecule has 3 aromatic rings. The van der Waals surface area contributed by atoms with Crippen molar-refractivity contribution in [3.05, 3.63) is 89.1 Å². The minimum Gasteiger partial charge on any atom is -0.352 e. The molecule has 0 aliphatic carbocycles. The molecule has 0 atom stereocenters. The fourth-order valence-electron chi connectivity index (χ4n) is 3.73. The monoisotopic (exact) mass is 465 g/mol. The molecule has 8 nitrogen and oxygen atoms in total. The summed E-state index contributed by atoms with van der Waals surface area (Å²) < 4.78 is 25.8. The molecule has 2 heterocycles. The Morgan fingerprint density at radius 1 is 0.939 bits per heavy atom. The lowest BCUT2D eigenvalue weighted by Gasteiger charge is -2.29. The van der Waals surface area contributed by atoms with Crippen LogP contribution in [0.5, 0.6) is 0 Å². The van der Waals surface area contributed by atoms with Gasteiger partial charge in [0, 0.05) is 32.4 Å². The average molecular weight is 466 g/mol. The van der Waals surface area contributed by atoms with Crippen LogP contribution in [0.15, 0.2) is 71.8 Å². The minimum atomic E-state index is -3.47. The first-order valence-electron chi connectivity index (χ1n) is 10.8. The summed E-state index contributed by atoms with van der Waals surface area (Å²) in [5.41, 5.74) is 4.45. The SMILES string of the molecule is CNS(=O)(=O)c1ccc(CNC(=O)NCc2ccc(N3CCc4ccccc4C3)nc2)cc1. The van der Waals surface area contributed by atoms with Crippen LogP contribution in [0, 0.1) is 0 Å². The Kier molecular flexibility index (Phi) is 6.90. The van der Waals surface area contributed by atoms with Gasteiger partial charge < -0.3 is 15.5 Å². The first-order valence-corrected chi connectivity index (χ1v) is 12.2. The lowest BCUT2D eigenvalue weighted by atomic mass is 10.00. The molecule has 1 aliphatic heterocycles. The Labute approximate surface area is 194 Å². The fourth-order valence-corrected chi connectivity index (χ4v) is 4.46. The van der Waals surface area contributed by atoms with E-state index in [2.05, 4.69) is 49.5 Å². The van der Waals surface area contributed by atoms with Crippen molar-refractivity contribution < 1.29 is 13.2 Å². The smallest absolute Gasteiger partial charge is 0.315 e. The van der Waals surface area contributed by atoms with Crippen molar-refractivity contribution in [2.24, 2.45) is 0 Å². The molecule has 172 valence electrons. The van der Waals surface area contributed by atoms with Crippen LogP contribution in [0.4, 0.5) is 10.6 Å². The zero-order valence-electron chi connectivity index (χ0n) is 18.4. The van der Waals surface area contributed by atoms with Gasteiger partial charge in [-0.2, -0.15) is 0 Å². The van der Waals surface area contributed by atoms with Gasteiger partial charge in [-0.05, 0) is 53.9 Å². The molecule has 0 bridgehead atoms. The van der Waals surface area contributed by atoms with Gasteiger partial charge in [0.25, 0.3) is 0 Å². The van der Waals surface area contributed by atoms with Crippen LogP contribution in [0.1, 0.15) is 22.3 Å². The molecule has 9 heteroatoms. The first-order chi connectivity index (χ1) is 15.9. The van der Waals surface area contributed by atoms with E-state index in [-0.39, 0.29) is 10.9 Å². The van der Waals surface area contributed by atoms with E-state index in [1.165, 1.54) is 30.3 Å². The summed E-state index contributed by atoms with van der Waals surface area (Å²) in [4.78, 5) is 19.2. The Balaban J connectivity index is 1.24. The molecule has 1 aromatic heterocycles. The largest absolute Gasteiger partial charge is 0.352 e. The van der Waals surface area contributed by atoms with Gasteiger partial charge in [-0.1, -0.05) is 42.5 Å². The number of sulfonamides is 1. The van der Waals surface area contributed by atoms with E-state index in [9.17, 15) is 13.2 Å². The van der Waals surface area contributed by atoms with Gasteiger partial charge in [-0.15, -0.1) is 0 Å². The molecular formula is C24H27N5O3S. The molecule has 2 amide bonds. The third-order valence-corrected chi connectivity index (χ3v) is 7.10. The van der Waals surface area contributed by atoms with Gasteiger partial charge in [0.15, 0.2) is 0 Å².